The molecule has 0 aromatic carbocycles. The monoisotopic (exact) mass is 169 g/mol. The second kappa shape index (κ2) is 3.48. The summed E-state index contributed by atoms with van der Waals surface area (Å²) in [5, 5.41) is 6.59. The van der Waals surface area contributed by atoms with Gasteiger partial charge < -0.3 is 0 Å². The quantitative estimate of drug-likeness (QED) is 0.506. The van der Waals surface area contributed by atoms with E-state index >= 15 is 0 Å². The Bertz CT molecular complexity index is 244. The van der Waals surface area contributed by atoms with E-state index in [2.05, 4.69) is 16.8 Å². The molecule has 0 spiro atoms. The molecule has 0 aliphatic rings. The second-order valence-corrected chi connectivity index (χ2v) is 3.64. The van der Waals surface area contributed by atoms with Gasteiger partial charge in [0, 0.05) is 24.8 Å². The molecular formula is C7H11N3S. The van der Waals surface area contributed by atoms with Crippen LogP contribution >= 0.6 is 11.3 Å². The predicted octanol–water partition coefficient (Wildman–Crippen LogP) is 1.50. The third-order valence-electron chi connectivity index (χ3n) is 1.27. The van der Waals surface area contributed by atoms with Crippen LogP contribution in [0, 0.1) is 6.92 Å². The molecule has 0 atom stereocenters. The van der Waals surface area contributed by atoms with Gasteiger partial charge >= 0.3 is 0 Å². The molecule has 1 aromatic heterocycles. The van der Waals surface area contributed by atoms with Crippen LogP contribution < -0.4 is 0 Å². The fraction of sp³-hybridized carbons (Fsp3) is 0.429. The lowest BCUT2D eigenvalue weighted by Crippen LogP contribution is -2.08. The Morgan fingerprint density at radius 2 is 2.55 bits per heavy atom. The molecule has 0 radical (unpaired) electrons. The largest absolute Gasteiger partial charge is 0.294 e. The average Bonchev–Trinajstić information content (AvgIpc) is 2.35. The number of rotatable bonds is 3. The molecule has 0 aliphatic heterocycles. The summed E-state index contributed by atoms with van der Waals surface area (Å²) >= 11 is 1.69. The van der Waals surface area contributed by atoms with Crippen LogP contribution in [0.25, 0.3) is 0 Å². The molecule has 1 heterocycles. The van der Waals surface area contributed by atoms with E-state index < -0.39 is 0 Å². The van der Waals surface area contributed by atoms with Gasteiger partial charge in [0.1, 0.15) is 5.01 Å². The molecule has 0 saturated carbocycles. The van der Waals surface area contributed by atoms with Crippen LogP contribution in [0.3, 0.4) is 0 Å². The molecule has 11 heavy (non-hydrogen) atoms. The molecule has 4 heteroatoms. The van der Waals surface area contributed by atoms with Crippen molar-refractivity contribution in [2.24, 2.45) is 5.10 Å². The Hall–Kier alpha value is -0.900. The lowest BCUT2D eigenvalue weighted by molar-refractivity contribution is 0.349. The summed E-state index contributed by atoms with van der Waals surface area (Å²) in [5.74, 6) is 0. The molecule has 3 nitrogen and oxygen atoms in total. The zero-order valence-electron chi connectivity index (χ0n) is 6.74. The number of aryl methyl sites for hydroxylation is 1. The van der Waals surface area contributed by atoms with Gasteiger partial charge in [-0.3, -0.25) is 5.01 Å². The highest BCUT2D eigenvalue weighted by molar-refractivity contribution is 7.11. The van der Waals surface area contributed by atoms with Crippen LogP contribution in [-0.4, -0.2) is 23.8 Å². The van der Waals surface area contributed by atoms with Gasteiger partial charge in [-0.25, -0.2) is 4.98 Å². The van der Waals surface area contributed by atoms with Gasteiger partial charge in [0.25, 0.3) is 0 Å². The maximum Gasteiger partial charge on any atom is 0.114 e. The van der Waals surface area contributed by atoms with Gasteiger partial charge in [-0.2, -0.15) is 5.10 Å². The third kappa shape index (κ3) is 2.31. The Balaban J connectivity index is 2.57. The molecule has 0 aliphatic carbocycles. The van der Waals surface area contributed by atoms with Crippen LogP contribution in [0.4, 0.5) is 0 Å². The molecule has 1 rings (SSSR count). The van der Waals surface area contributed by atoms with Crippen LogP contribution in [0.1, 0.15) is 9.88 Å². The van der Waals surface area contributed by atoms with Crippen molar-refractivity contribution in [3.05, 3.63) is 16.1 Å². The molecule has 0 saturated heterocycles. The highest BCUT2D eigenvalue weighted by atomic mass is 32.1. The summed E-state index contributed by atoms with van der Waals surface area (Å²) in [6.45, 7) is 6.21. The summed E-state index contributed by atoms with van der Waals surface area (Å²) < 4.78 is 0. The van der Waals surface area contributed by atoms with Gasteiger partial charge in [0.15, 0.2) is 0 Å². The smallest absolute Gasteiger partial charge is 0.114 e. The van der Waals surface area contributed by atoms with Gasteiger partial charge in [-0.05, 0) is 6.92 Å². The van der Waals surface area contributed by atoms with Crippen LogP contribution in [0.2, 0.25) is 0 Å². The van der Waals surface area contributed by atoms with E-state index in [-0.39, 0.29) is 0 Å². The Kier molecular flexibility index (Phi) is 2.59. The Morgan fingerprint density at radius 1 is 1.82 bits per heavy atom. The Morgan fingerprint density at radius 3 is 3.00 bits per heavy atom. The normalized spacial score (nSPS) is 9.64. The Labute approximate surface area is 70.4 Å². The van der Waals surface area contributed by atoms with E-state index in [1.165, 1.54) is 4.88 Å². The zero-order chi connectivity index (χ0) is 8.27. The highest BCUT2D eigenvalue weighted by Gasteiger charge is 1.99. The number of hydrogen-bond acceptors (Lipinski definition) is 4. The first-order valence-corrected chi connectivity index (χ1v) is 4.13. The first-order chi connectivity index (χ1) is 5.22. The summed E-state index contributed by atoms with van der Waals surface area (Å²) in [6.07, 6.45) is 1.87. The van der Waals surface area contributed by atoms with E-state index in [1.807, 2.05) is 20.2 Å². The van der Waals surface area contributed by atoms with E-state index in [4.69, 9.17) is 0 Å². The van der Waals surface area contributed by atoms with Crippen LogP contribution in [0.5, 0.6) is 0 Å². The second-order valence-electron chi connectivity index (χ2n) is 2.32. The summed E-state index contributed by atoms with van der Waals surface area (Å²) in [4.78, 5) is 5.43. The molecule has 0 fully saturated rings. The standard InChI is InChI=1S/C7H11N3S/c1-6-4-9-7(11-6)5-10(3)8-2/h4H,2,5H2,1,3H3. The van der Waals surface area contributed by atoms with Crippen molar-refractivity contribution in [3.63, 3.8) is 0 Å². The summed E-state index contributed by atoms with van der Waals surface area (Å²) in [5.41, 5.74) is 0. The zero-order valence-corrected chi connectivity index (χ0v) is 7.56. The van der Waals surface area contributed by atoms with Gasteiger partial charge in [0.05, 0.1) is 6.54 Å². The van der Waals surface area contributed by atoms with Crippen molar-refractivity contribution in [1.82, 2.24) is 9.99 Å². The number of nitrogens with zero attached hydrogens (tertiary/aromatic N) is 3. The number of hydrogen-bond donors (Lipinski definition) is 0. The predicted molar refractivity (Wildman–Crippen MR) is 47.9 cm³/mol. The SMILES string of the molecule is C=NN(C)Cc1ncc(C)s1. The molecule has 60 valence electrons. The molecule has 0 N–H and O–H groups in total. The third-order valence-corrected chi connectivity index (χ3v) is 2.17. The lowest BCUT2D eigenvalue weighted by atomic mass is 10.6. The molecule has 0 bridgehead atoms. The van der Waals surface area contributed by atoms with Crippen LogP contribution in [0.15, 0.2) is 11.3 Å². The fourth-order valence-corrected chi connectivity index (χ4v) is 1.55. The van der Waals surface area contributed by atoms with Crippen LogP contribution in [-0.2, 0) is 6.54 Å². The van der Waals surface area contributed by atoms with Crippen molar-refractivity contribution in [1.29, 1.82) is 0 Å². The molecule has 0 unspecified atom stereocenters. The van der Waals surface area contributed by atoms with E-state index in [9.17, 15) is 0 Å². The average molecular weight is 169 g/mol. The minimum atomic E-state index is 0.752. The maximum atomic E-state index is 4.19. The van der Waals surface area contributed by atoms with E-state index in [0.29, 0.717) is 0 Å². The minimum absolute atomic E-state index is 0.752. The summed E-state index contributed by atoms with van der Waals surface area (Å²) in [7, 11) is 1.88. The first kappa shape index (κ1) is 8.20. The van der Waals surface area contributed by atoms with E-state index in [1.54, 1.807) is 16.3 Å². The lowest BCUT2D eigenvalue weighted by Gasteiger charge is -2.07. The number of thiazole rings is 1. The van der Waals surface area contributed by atoms with Crippen molar-refractivity contribution < 1.29 is 0 Å². The molecular weight excluding hydrogens is 158 g/mol. The minimum Gasteiger partial charge on any atom is -0.294 e. The molecule has 1 aromatic rings. The summed E-state index contributed by atoms with van der Waals surface area (Å²) in [6, 6.07) is 0. The van der Waals surface area contributed by atoms with Crippen molar-refractivity contribution >= 4 is 18.1 Å². The first-order valence-electron chi connectivity index (χ1n) is 3.31. The number of hydrazone groups is 1. The van der Waals surface area contributed by atoms with Crippen molar-refractivity contribution in [3.8, 4) is 0 Å². The van der Waals surface area contributed by atoms with Crippen molar-refractivity contribution in [2.45, 2.75) is 13.5 Å². The highest BCUT2D eigenvalue weighted by Crippen LogP contribution is 2.12. The van der Waals surface area contributed by atoms with Gasteiger partial charge in [0.2, 0.25) is 0 Å². The maximum absolute atomic E-state index is 4.19. The molecule has 0 amide bonds. The van der Waals surface area contributed by atoms with Gasteiger partial charge in [-0.1, -0.05) is 0 Å². The number of aromatic nitrogens is 1. The van der Waals surface area contributed by atoms with E-state index in [0.717, 1.165) is 11.6 Å². The van der Waals surface area contributed by atoms with Gasteiger partial charge in [-0.15, -0.1) is 11.3 Å². The topological polar surface area (TPSA) is 28.5 Å². The fourth-order valence-electron chi connectivity index (χ4n) is 0.720. The van der Waals surface area contributed by atoms with Crippen molar-refractivity contribution in [2.75, 3.05) is 7.05 Å².